The van der Waals surface area contributed by atoms with E-state index in [2.05, 4.69) is 21.5 Å². The maximum Gasteiger partial charge on any atom is 0.264 e. The first-order chi connectivity index (χ1) is 12.7. The Kier molecular flexibility index (Phi) is 4.39. The standard InChI is InChI=1S/C20H18FN3O2/c21-15-5-3-4-13(10-15)18-11-19(26-24-18)20(25)22-9-8-14-12-23-17-7-2-1-6-16(14)17/h1-7,10,12,19,23H,8-9,11H2,(H,22,25). The minimum absolute atomic E-state index is 0.208. The average molecular weight is 351 g/mol. The van der Waals surface area contributed by atoms with Crippen LogP contribution in [0.5, 0.6) is 0 Å². The van der Waals surface area contributed by atoms with Crippen molar-refractivity contribution in [2.75, 3.05) is 6.54 Å². The molecule has 4 rings (SSSR count). The van der Waals surface area contributed by atoms with E-state index < -0.39 is 6.10 Å². The van der Waals surface area contributed by atoms with Crippen LogP contribution in [0.2, 0.25) is 0 Å². The van der Waals surface area contributed by atoms with E-state index in [0.29, 0.717) is 24.2 Å². The Balaban J connectivity index is 1.31. The van der Waals surface area contributed by atoms with Gasteiger partial charge in [-0.1, -0.05) is 35.5 Å². The van der Waals surface area contributed by atoms with Crippen molar-refractivity contribution in [2.24, 2.45) is 5.16 Å². The van der Waals surface area contributed by atoms with Gasteiger partial charge < -0.3 is 15.1 Å². The van der Waals surface area contributed by atoms with Crippen LogP contribution >= 0.6 is 0 Å². The molecule has 1 aromatic heterocycles. The molecule has 0 saturated carbocycles. The number of halogens is 1. The highest BCUT2D eigenvalue weighted by molar-refractivity contribution is 6.04. The van der Waals surface area contributed by atoms with E-state index in [1.54, 1.807) is 12.1 Å². The lowest BCUT2D eigenvalue weighted by Gasteiger charge is -2.09. The number of rotatable bonds is 5. The molecule has 1 aliphatic rings. The first-order valence-electron chi connectivity index (χ1n) is 8.52. The predicted octanol–water partition coefficient (Wildman–Crippen LogP) is 3.16. The minimum Gasteiger partial charge on any atom is -0.382 e. The third kappa shape index (κ3) is 3.31. The second-order valence-corrected chi connectivity index (χ2v) is 6.25. The van der Waals surface area contributed by atoms with Crippen LogP contribution in [0, 0.1) is 5.82 Å². The number of carbonyl (C=O) groups is 1. The van der Waals surface area contributed by atoms with Crippen LogP contribution in [0.4, 0.5) is 4.39 Å². The molecule has 1 unspecified atom stereocenters. The largest absolute Gasteiger partial charge is 0.382 e. The Morgan fingerprint density at radius 3 is 3.04 bits per heavy atom. The van der Waals surface area contributed by atoms with Crippen molar-refractivity contribution < 1.29 is 14.0 Å². The lowest BCUT2D eigenvalue weighted by Crippen LogP contribution is -2.36. The van der Waals surface area contributed by atoms with Crippen LogP contribution in [0.15, 0.2) is 59.9 Å². The number of oxime groups is 1. The van der Waals surface area contributed by atoms with Gasteiger partial charge in [0.15, 0.2) is 0 Å². The zero-order chi connectivity index (χ0) is 17.9. The van der Waals surface area contributed by atoms with Gasteiger partial charge in [0, 0.05) is 35.6 Å². The van der Waals surface area contributed by atoms with Crippen molar-refractivity contribution in [3.8, 4) is 0 Å². The molecule has 2 N–H and O–H groups in total. The molecule has 1 aliphatic heterocycles. The van der Waals surface area contributed by atoms with E-state index in [1.165, 1.54) is 12.1 Å². The van der Waals surface area contributed by atoms with Crippen molar-refractivity contribution in [3.05, 3.63) is 71.7 Å². The zero-order valence-electron chi connectivity index (χ0n) is 14.0. The van der Waals surface area contributed by atoms with Crippen LogP contribution in [-0.2, 0) is 16.1 Å². The van der Waals surface area contributed by atoms with Crippen molar-refractivity contribution in [1.29, 1.82) is 0 Å². The molecule has 0 spiro atoms. The number of aromatic nitrogens is 1. The summed E-state index contributed by atoms with van der Waals surface area (Å²) in [6, 6.07) is 14.2. The van der Waals surface area contributed by atoms with Gasteiger partial charge in [-0.3, -0.25) is 4.79 Å². The normalized spacial score (nSPS) is 16.3. The molecular weight excluding hydrogens is 333 g/mol. The number of amides is 1. The molecule has 132 valence electrons. The summed E-state index contributed by atoms with van der Waals surface area (Å²) in [6.45, 7) is 0.510. The van der Waals surface area contributed by atoms with E-state index in [-0.39, 0.29) is 11.7 Å². The molecule has 5 nitrogen and oxygen atoms in total. The fraction of sp³-hybridized carbons (Fsp3) is 0.200. The summed E-state index contributed by atoms with van der Waals surface area (Å²) < 4.78 is 13.3. The Morgan fingerprint density at radius 1 is 1.27 bits per heavy atom. The number of nitrogens with one attached hydrogen (secondary N) is 2. The second kappa shape index (κ2) is 7.00. The summed E-state index contributed by atoms with van der Waals surface area (Å²) in [5.74, 6) is -0.545. The molecule has 6 heteroatoms. The van der Waals surface area contributed by atoms with E-state index >= 15 is 0 Å². The van der Waals surface area contributed by atoms with Gasteiger partial charge in [-0.25, -0.2) is 4.39 Å². The van der Waals surface area contributed by atoms with Gasteiger partial charge in [-0.15, -0.1) is 0 Å². The van der Waals surface area contributed by atoms with E-state index in [1.807, 2.05) is 24.4 Å². The molecular formula is C20H18FN3O2. The molecule has 0 aliphatic carbocycles. The average Bonchev–Trinajstić information content (AvgIpc) is 3.29. The smallest absolute Gasteiger partial charge is 0.264 e. The number of nitrogens with zero attached hydrogens (tertiary/aromatic N) is 1. The van der Waals surface area contributed by atoms with Crippen LogP contribution < -0.4 is 5.32 Å². The maximum atomic E-state index is 13.3. The summed E-state index contributed by atoms with van der Waals surface area (Å²) in [5.41, 5.74) is 3.46. The third-order valence-electron chi connectivity index (χ3n) is 4.49. The van der Waals surface area contributed by atoms with Crippen LogP contribution in [-0.4, -0.2) is 29.3 Å². The van der Waals surface area contributed by atoms with Gasteiger partial charge in [-0.05, 0) is 30.2 Å². The number of carbonyl (C=O) groups excluding carboxylic acids is 1. The lowest BCUT2D eigenvalue weighted by atomic mass is 10.0. The minimum atomic E-state index is -0.670. The fourth-order valence-corrected chi connectivity index (χ4v) is 3.13. The van der Waals surface area contributed by atoms with Crippen molar-refractivity contribution >= 4 is 22.5 Å². The highest BCUT2D eigenvalue weighted by atomic mass is 19.1. The van der Waals surface area contributed by atoms with Crippen molar-refractivity contribution in [1.82, 2.24) is 10.3 Å². The number of hydrogen-bond acceptors (Lipinski definition) is 3. The Bertz CT molecular complexity index is 980. The zero-order valence-corrected chi connectivity index (χ0v) is 14.0. The topological polar surface area (TPSA) is 66.5 Å². The predicted molar refractivity (Wildman–Crippen MR) is 97.4 cm³/mol. The van der Waals surface area contributed by atoms with Crippen LogP contribution in [0.25, 0.3) is 10.9 Å². The summed E-state index contributed by atoms with van der Waals surface area (Å²) in [5, 5.41) is 7.98. The summed E-state index contributed by atoms with van der Waals surface area (Å²) in [7, 11) is 0. The molecule has 0 saturated heterocycles. The summed E-state index contributed by atoms with van der Waals surface area (Å²) >= 11 is 0. The first kappa shape index (κ1) is 16.3. The summed E-state index contributed by atoms with van der Waals surface area (Å²) in [6.07, 6.45) is 2.35. The number of benzene rings is 2. The Morgan fingerprint density at radius 2 is 2.15 bits per heavy atom. The number of fused-ring (bicyclic) bond motifs is 1. The molecule has 26 heavy (non-hydrogen) atoms. The van der Waals surface area contributed by atoms with Gasteiger partial charge in [0.1, 0.15) is 5.82 Å². The first-order valence-corrected chi connectivity index (χ1v) is 8.52. The lowest BCUT2D eigenvalue weighted by molar-refractivity contribution is -0.131. The maximum absolute atomic E-state index is 13.3. The van der Waals surface area contributed by atoms with Crippen LogP contribution in [0.1, 0.15) is 17.5 Å². The molecule has 0 fully saturated rings. The third-order valence-corrected chi connectivity index (χ3v) is 4.49. The molecule has 1 amide bonds. The number of aromatic amines is 1. The van der Waals surface area contributed by atoms with Crippen LogP contribution in [0.3, 0.4) is 0 Å². The van der Waals surface area contributed by atoms with E-state index in [0.717, 1.165) is 22.9 Å². The number of para-hydroxylation sites is 1. The molecule has 1 atom stereocenters. The second-order valence-electron chi connectivity index (χ2n) is 6.25. The Labute approximate surface area is 149 Å². The molecule has 0 radical (unpaired) electrons. The molecule has 2 heterocycles. The van der Waals surface area contributed by atoms with Gasteiger partial charge in [-0.2, -0.15) is 0 Å². The quantitative estimate of drug-likeness (QED) is 0.741. The van der Waals surface area contributed by atoms with Crippen molar-refractivity contribution in [2.45, 2.75) is 18.9 Å². The molecule has 2 aromatic carbocycles. The summed E-state index contributed by atoms with van der Waals surface area (Å²) in [4.78, 5) is 20.7. The highest BCUT2D eigenvalue weighted by Gasteiger charge is 2.28. The fourth-order valence-electron chi connectivity index (χ4n) is 3.13. The van der Waals surface area contributed by atoms with Gasteiger partial charge in [0.05, 0.1) is 5.71 Å². The van der Waals surface area contributed by atoms with Gasteiger partial charge >= 0.3 is 0 Å². The molecule has 0 bridgehead atoms. The van der Waals surface area contributed by atoms with Gasteiger partial charge in [0.2, 0.25) is 6.10 Å². The number of H-pyrrole nitrogens is 1. The number of hydrogen-bond donors (Lipinski definition) is 2. The monoisotopic (exact) mass is 351 g/mol. The Hall–Kier alpha value is -3.15. The van der Waals surface area contributed by atoms with E-state index in [4.69, 9.17) is 4.84 Å². The van der Waals surface area contributed by atoms with E-state index in [9.17, 15) is 9.18 Å². The highest BCUT2D eigenvalue weighted by Crippen LogP contribution is 2.19. The SMILES string of the molecule is O=C(NCCc1c[nH]c2ccccc12)C1CC(c2cccc(F)c2)=NO1. The van der Waals surface area contributed by atoms with Gasteiger partial charge in [0.25, 0.3) is 5.91 Å². The molecule has 3 aromatic rings. The van der Waals surface area contributed by atoms with Crippen molar-refractivity contribution in [3.63, 3.8) is 0 Å².